The van der Waals surface area contributed by atoms with Crippen molar-refractivity contribution in [3.63, 3.8) is 0 Å². The SMILES string of the molecule is Cc1cc(OCc2cccc(-c3ncccn3)c2)ccc1CCC(=O)O. The van der Waals surface area contributed by atoms with Gasteiger partial charge in [0.1, 0.15) is 12.4 Å². The number of aryl methyl sites for hydroxylation is 2. The van der Waals surface area contributed by atoms with Gasteiger partial charge in [-0.25, -0.2) is 9.97 Å². The molecule has 3 aromatic rings. The Morgan fingerprint density at radius 1 is 1.08 bits per heavy atom. The van der Waals surface area contributed by atoms with Gasteiger partial charge in [0.2, 0.25) is 0 Å². The summed E-state index contributed by atoms with van der Waals surface area (Å²) >= 11 is 0. The zero-order chi connectivity index (χ0) is 18.4. The smallest absolute Gasteiger partial charge is 0.303 e. The van der Waals surface area contributed by atoms with Crippen LogP contribution in [0.1, 0.15) is 23.1 Å². The second kappa shape index (κ2) is 8.25. The number of carboxylic acid groups (broad SMARTS) is 1. The van der Waals surface area contributed by atoms with E-state index in [1.54, 1.807) is 18.5 Å². The second-order valence-corrected chi connectivity index (χ2v) is 6.04. The number of aromatic nitrogens is 2. The minimum absolute atomic E-state index is 0.134. The van der Waals surface area contributed by atoms with Gasteiger partial charge in [-0.05, 0) is 54.3 Å². The topological polar surface area (TPSA) is 72.3 Å². The zero-order valence-corrected chi connectivity index (χ0v) is 14.6. The highest BCUT2D eigenvalue weighted by atomic mass is 16.5. The highest BCUT2D eigenvalue weighted by molar-refractivity contribution is 5.67. The van der Waals surface area contributed by atoms with E-state index in [-0.39, 0.29) is 6.42 Å². The largest absolute Gasteiger partial charge is 0.489 e. The standard InChI is InChI=1S/C21H20N2O3/c1-15-12-19(8-6-17(15)7-9-20(24)25)26-14-16-4-2-5-18(13-16)21-22-10-3-11-23-21/h2-6,8,10-13H,7,9,14H2,1H3,(H,24,25). The molecule has 0 fully saturated rings. The quantitative estimate of drug-likeness (QED) is 0.697. The van der Waals surface area contributed by atoms with Crippen molar-refractivity contribution in [1.82, 2.24) is 9.97 Å². The molecule has 26 heavy (non-hydrogen) atoms. The van der Waals surface area contributed by atoms with Crippen molar-refractivity contribution in [2.75, 3.05) is 0 Å². The molecule has 0 unspecified atom stereocenters. The molecule has 0 aliphatic carbocycles. The number of benzene rings is 2. The summed E-state index contributed by atoms with van der Waals surface area (Å²) in [6, 6.07) is 15.5. The molecule has 0 aliphatic rings. The van der Waals surface area contributed by atoms with Gasteiger partial charge in [0.25, 0.3) is 0 Å². The fraction of sp³-hybridized carbons (Fsp3) is 0.190. The highest BCUT2D eigenvalue weighted by Gasteiger charge is 2.06. The van der Waals surface area contributed by atoms with Crippen LogP contribution >= 0.6 is 0 Å². The third kappa shape index (κ3) is 4.66. The van der Waals surface area contributed by atoms with Gasteiger partial charge < -0.3 is 9.84 Å². The van der Waals surface area contributed by atoms with Crippen LogP contribution in [-0.2, 0) is 17.8 Å². The summed E-state index contributed by atoms with van der Waals surface area (Å²) < 4.78 is 5.89. The van der Waals surface area contributed by atoms with Gasteiger partial charge in [0.05, 0.1) is 0 Å². The van der Waals surface area contributed by atoms with Crippen LogP contribution < -0.4 is 4.74 Å². The van der Waals surface area contributed by atoms with Crippen LogP contribution in [-0.4, -0.2) is 21.0 Å². The van der Waals surface area contributed by atoms with E-state index in [0.717, 1.165) is 28.0 Å². The highest BCUT2D eigenvalue weighted by Crippen LogP contribution is 2.21. The summed E-state index contributed by atoms with van der Waals surface area (Å²) in [5, 5.41) is 8.80. The van der Waals surface area contributed by atoms with Crippen LogP contribution in [0.25, 0.3) is 11.4 Å². The number of carboxylic acids is 1. The summed E-state index contributed by atoms with van der Waals surface area (Å²) in [7, 11) is 0. The van der Waals surface area contributed by atoms with E-state index in [4.69, 9.17) is 9.84 Å². The van der Waals surface area contributed by atoms with Gasteiger partial charge in [-0.15, -0.1) is 0 Å². The molecule has 3 rings (SSSR count). The normalized spacial score (nSPS) is 10.5. The van der Waals surface area contributed by atoms with E-state index in [1.165, 1.54) is 0 Å². The molecule has 5 heteroatoms. The van der Waals surface area contributed by atoms with Crippen molar-refractivity contribution in [3.05, 3.63) is 77.6 Å². The maximum atomic E-state index is 10.7. The van der Waals surface area contributed by atoms with E-state index >= 15 is 0 Å². The fourth-order valence-electron chi connectivity index (χ4n) is 2.70. The van der Waals surface area contributed by atoms with Crippen molar-refractivity contribution in [2.24, 2.45) is 0 Å². The average Bonchev–Trinajstić information content (AvgIpc) is 2.66. The number of aliphatic carboxylic acids is 1. The van der Waals surface area contributed by atoms with Crippen LogP contribution in [0.3, 0.4) is 0 Å². The molecule has 5 nitrogen and oxygen atoms in total. The Labute approximate surface area is 152 Å². The molecule has 0 radical (unpaired) electrons. The molecule has 0 atom stereocenters. The maximum absolute atomic E-state index is 10.7. The third-order valence-corrected chi connectivity index (χ3v) is 4.08. The Hall–Kier alpha value is -3.21. The van der Waals surface area contributed by atoms with E-state index < -0.39 is 5.97 Å². The lowest BCUT2D eigenvalue weighted by Crippen LogP contribution is -2.00. The fourth-order valence-corrected chi connectivity index (χ4v) is 2.70. The summed E-state index contributed by atoms with van der Waals surface area (Å²) in [5.41, 5.74) is 4.05. The molecule has 132 valence electrons. The molecule has 0 aliphatic heterocycles. The first kappa shape index (κ1) is 17.6. The summed E-state index contributed by atoms with van der Waals surface area (Å²) in [5.74, 6) is 0.669. The predicted octanol–water partition coefficient (Wildman–Crippen LogP) is 4.05. The molecule has 0 bridgehead atoms. The summed E-state index contributed by atoms with van der Waals surface area (Å²) in [4.78, 5) is 19.2. The van der Waals surface area contributed by atoms with E-state index in [0.29, 0.717) is 18.9 Å². The number of ether oxygens (including phenoxy) is 1. The summed E-state index contributed by atoms with van der Waals surface area (Å²) in [6.07, 6.45) is 4.11. The summed E-state index contributed by atoms with van der Waals surface area (Å²) in [6.45, 7) is 2.41. The third-order valence-electron chi connectivity index (χ3n) is 4.08. The Kier molecular flexibility index (Phi) is 5.59. The monoisotopic (exact) mass is 348 g/mol. The van der Waals surface area contributed by atoms with Gasteiger partial charge in [0.15, 0.2) is 5.82 Å². The van der Waals surface area contributed by atoms with Crippen molar-refractivity contribution in [2.45, 2.75) is 26.4 Å². The Balaban J connectivity index is 1.66. The molecule has 1 heterocycles. The van der Waals surface area contributed by atoms with Crippen LogP contribution in [0, 0.1) is 6.92 Å². The first-order valence-corrected chi connectivity index (χ1v) is 8.42. The van der Waals surface area contributed by atoms with Crippen LogP contribution in [0.2, 0.25) is 0 Å². The molecule has 1 aromatic heterocycles. The Morgan fingerprint density at radius 3 is 2.62 bits per heavy atom. The first-order chi connectivity index (χ1) is 12.6. The Morgan fingerprint density at radius 2 is 1.88 bits per heavy atom. The number of carbonyl (C=O) groups is 1. The Bertz CT molecular complexity index is 895. The average molecular weight is 348 g/mol. The van der Waals surface area contributed by atoms with Crippen LogP contribution in [0.5, 0.6) is 5.75 Å². The number of nitrogens with zero attached hydrogens (tertiary/aromatic N) is 2. The molecule has 2 aromatic carbocycles. The molecule has 0 saturated carbocycles. The van der Waals surface area contributed by atoms with Gasteiger partial charge in [-0.1, -0.05) is 24.3 Å². The van der Waals surface area contributed by atoms with Crippen molar-refractivity contribution in [1.29, 1.82) is 0 Å². The molecular formula is C21H20N2O3. The number of hydrogen-bond acceptors (Lipinski definition) is 4. The van der Waals surface area contributed by atoms with Crippen molar-refractivity contribution in [3.8, 4) is 17.1 Å². The zero-order valence-electron chi connectivity index (χ0n) is 14.6. The molecule has 0 amide bonds. The lowest BCUT2D eigenvalue weighted by atomic mass is 10.0. The van der Waals surface area contributed by atoms with Gasteiger partial charge in [0, 0.05) is 24.4 Å². The lowest BCUT2D eigenvalue weighted by Gasteiger charge is -2.10. The van der Waals surface area contributed by atoms with E-state index in [1.807, 2.05) is 49.4 Å². The van der Waals surface area contributed by atoms with Crippen LogP contribution in [0.15, 0.2) is 60.9 Å². The van der Waals surface area contributed by atoms with E-state index in [2.05, 4.69) is 9.97 Å². The van der Waals surface area contributed by atoms with Gasteiger partial charge >= 0.3 is 5.97 Å². The minimum Gasteiger partial charge on any atom is -0.489 e. The minimum atomic E-state index is -0.785. The van der Waals surface area contributed by atoms with Crippen molar-refractivity contribution >= 4 is 5.97 Å². The molecule has 0 saturated heterocycles. The second-order valence-electron chi connectivity index (χ2n) is 6.04. The first-order valence-electron chi connectivity index (χ1n) is 8.42. The van der Waals surface area contributed by atoms with Gasteiger partial charge in [-0.2, -0.15) is 0 Å². The molecule has 1 N–H and O–H groups in total. The predicted molar refractivity (Wildman–Crippen MR) is 98.9 cm³/mol. The maximum Gasteiger partial charge on any atom is 0.303 e. The number of rotatable bonds is 7. The molecular weight excluding hydrogens is 328 g/mol. The van der Waals surface area contributed by atoms with E-state index in [9.17, 15) is 4.79 Å². The van der Waals surface area contributed by atoms with Gasteiger partial charge in [-0.3, -0.25) is 4.79 Å². The van der Waals surface area contributed by atoms with Crippen LogP contribution in [0.4, 0.5) is 0 Å². The lowest BCUT2D eigenvalue weighted by molar-refractivity contribution is -0.136. The van der Waals surface area contributed by atoms with Crippen molar-refractivity contribution < 1.29 is 14.6 Å². The molecule has 0 spiro atoms. The number of hydrogen-bond donors (Lipinski definition) is 1.